The fraction of sp³-hybridized carbons (Fsp3) is 0. The average molecular weight is 275 g/mol. The van der Waals surface area contributed by atoms with Crippen LogP contribution in [0.15, 0.2) is 36.9 Å². The molecule has 0 aliphatic rings. The van der Waals surface area contributed by atoms with Gasteiger partial charge in [-0.15, -0.1) is 0 Å². The second-order valence-corrected chi connectivity index (χ2v) is 4.14. The van der Waals surface area contributed by atoms with Crippen LogP contribution in [0.2, 0.25) is 5.02 Å². The van der Waals surface area contributed by atoms with Crippen LogP contribution in [0.25, 0.3) is 11.0 Å². The molecule has 3 rings (SSSR count). The summed E-state index contributed by atoms with van der Waals surface area (Å²) in [4.78, 5) is 26.5. The number of rotatable bonds is 2. The van der Waals surface area contributed by atoms with E-state index in [1.807, 2.05) is 0 Å². The number of aromatic amines is 1. The van der Waals surface area contributed by atoms with Crippen LogP contribution in [-0.4, -0.2) is 25.9 Å². The van der Waals surface area contributed by atoms with Crippen LogP contribution in [0.1, 0.15) is 10.4 Å². The number of benzene rings is 1. The van der Waals surface area contributed by atoms with Gasteiger partial charge in [-0.3, -0.25) is 0 Å². The molecule has 1 aromatic carbocycles. The minimum atomic E-state index is -0.543. The van der Waals surface area contributed by atoms with E-state index in [4.69, 9.17) is 16.3 Å². The molecule has 2 heterocycles. The molecule has 0 fully saturated rings. The highest BCUT2D eigenvalue weighted by Crippen LogP contribution is 2.14. The van der Waals surface area contributed by atoms with Crippen molar-refractivity contribution in [2.45, 2.75) is 0 Å². The molecule has 6 nitrogen and oxygen atoms in total. The average Bonchev–Trinajstić information content (AvgIpc) is 2.88. The van der Waals surface area contributed by atoms with E-state index in [1.54, 1.807) is 24.5 Å². The van der Waals surface area contributed by atoms with Crippen molar-refractivity contribution in [1.82, 2.24) is 19.9 Å². The fourth-order valence-corrected chi connectivity index (χ4v) is 1.66. The van der Waals surface area contributed by atoms with E-state index < -0.39 is 5.97 Å². The minimum Gasteiger partial charge on any atom is -0.387 e. The smallest absolute Gasteiger partial charge is 0.346 e. The lowest BCUT2D eigenvalue weighted by Gasteiger charge is -2.02. The molecule has 0 radical (unpaired) electrons. The van der Waals surface area contributed by atoms with Crippen LogP contribution in [0, 0.1) is 0 Å². The van der Waals surface area contributed by atoms with Gasteiger partial charge in [-0.1, -0.05) is 11.6 Å². The van der Waals surface area contributed by atoms with Gasteiger partial charge in [-0.05, 0) is 18.2 Å². The molecule has 0 amide bonds. The third kappa shape index (κ3) is 2.38. The predicted octanol–water partition coefficient (Wildman–Crippen LogP) is 2.23. The van der Waals surface area contributed by atoms with Gasteiger partial charge in [0.1, 0.15) is 0 Å². The van der Waals surface area contributed by atoms with Gasteiger partial charge in [0.2, 0.25) is 0 Å². The first-order valence-electron chi connectivity index (χ1n) is 5.35. The van der Waals surface area contributed by atoms with Gasteiger partial charge in [0.05, 0.1) is 40.3 Å². The standard InChI is InChI=1S/C12H7ClN4O2/c13-8-4-14-12(15-5-8)19-11(18)7-1-2-9-10(3-7)17-6-16-9/h1-6H,(H,16,17). The number of halogens is 1. The minimum absolute atomic E-state index is 0.0425. The number of esters is 1. The lowest BCUT2D eigenvalue weighted by atomic mass is 10.2. The molecule has 0 aliphatic heterocycles. The molecule has 0 saturated heterocycles. The van der Waals surface area contributed by atoms with Crippen LogP contribution >= 0.6 is 11.6 Å². The molecule has 7 heteroatoms. The van der Waals surface area contributed by atoms with Crippen LogP contribution in [0.3, 0.4) is 0 Å². The molecule has 2 aromatic heterocycles. The first-order chi connectivity index (χ1) is 9.22. The number of carbonyl (C=O) groups excluding carboxylic acids is 1. The van der Waals surface area contributed by atoms with Crippen molar-refractivity contribution in [3.63, 3.8) is 0 Å². The molecule has 3 aromatic rings. The molecular formula is C12H7ClN4O2. The number of H-pyrrole nitrogens is 1. The van der Waals surface area contributed by atoms with E-state index in [0.717, 1.165) is 11.0 Å². The van der Waals surface area contributed by atoms with Crippen molar-refractivity contribution in [1.29, 1.82) is 0 Å². The number of fused-ring (bicyclic) bond motifs is 1. The summed E-state index contributed by atoms with van der Waals surface area (Å²) < 4.78 is 5.03. The molecule has 0 aliphatic carbocycles. The Labute approximate surface area is 112 Å². The number of imidazole rings is 1. The van der Waals surface area contributed by atoms with Crippen LogP contribution in [0.5, 0.6) is 6.01 Å². The second-order valence-electron chi connectivity index (χ2n) is 3.71. The second kappa shape index (κ2) is 4.66. The molecule has 0 saturated carbocycles. The van der Waals surface area contributed by atoms with Crippen molar-refractivity contribution >= 4 is 28.6 Å². The van der Waals surface area contributed by atoms with Gasteiger partial charge in [0.15, 0.2) is 0 Å². The quantitative estimate of drug-likeness (QED) is 0.725. The van der Waals surface area contributed by atoms with Crippen LogP contribution in [-0.2, 0) is 0 Å². The summed E-state index contributed by atoms with van der Waals surface area (Å²) in [5, 5.41) is 0.374. The molecule has 1 N–H and O–H groups in total. The van der Waals surface area contributed by atoms with Crippen LogP contribution in [0.4, 0.5) is 0 Å². The van der Waals surface area contributed by atoms with Crippen molar-refractivity contribution < 1.29 is 9.53 Å². The molecule has 0 bridgehead atoms. The Balaban J connectivity index is 1.84. The van der Waals surface area contributed by atoms with Crippen molar-refractivity contribution in [3.05, 3.63) is 47.5 Å². The Hall–Kier alpha value is -2.47. The molecule has 19 heavy (non-hydrogen) atoms. The summed E-state index contributed by atoms with van der Waals surface area (Å²) >= 11 is 5.64. The Kier molecular flexibility index (Phi) is 2.85. The molecule has 0 unspecified atom stereocenters. The topological polar surface area (TPSA) is 80.8 Å². The highest BCUT2D eigenvalue weighted by Gasteiger charge is 2.11. The van der Waals surface area contributed by atoms with E-state index in [2.05, 4.69) is 19.9 Å². The Morgan fingerprint density at radius 1 is 1.21 bits per heavy atom. The Bertz CT molecular complexity index is 739. The Morgan fingerprint density at radius 3 is 2.79 bits per heavy atom. The monoisotopic (exact) mass is 274 g/mol. The summed E-state index contributed by atoms with van der Waals surface area (Å²) in [5.41, 5.74) is 1.92. The van der Waals surface area contributed by atoms with Crippen molar-refractivity contribution in [3.8, 4) is 6.01 Å². The predicted molar refractivity (Wildman–Crippen MR) is 68.1 cm³/mol. The number of hydrogen-bond acceptors (Lipinski definition) is 5. The lowest BCUT2D eigenvalue weighted by Crippen LogP contribution is -2.10. The first kappa shape index (κ1) is 11.6. The summed E-state index contributed by atoms with van der Waals surface area (Å²) in [7, 11) is 0. The zero-order chi connectivity index (χ0) is 13.2. The summed E-state index contributed by atoms with van der Waals surface area (Å²) in [5.74, 6) is -0.543. The van der Waals surface area contributed by atoms with Gasteiger partial charge in [0.25, 0.3) is 0 Å². The number of nitrogens with one attached hydrogen (secondary N) is 1. The zero-order valence-corrected chi connectivity index (χ0v) is 10.3. The molecule has 94 valence electrons. The van der Waals surface area contributed by atoms with Crippen LogP contribution < -0.4 is 4.74 Å². The maximum absolute atomic E-state index is 11.9. The maximum Gasteiger partial charge on any atom is 0.346 e. The van der Waals surface area contributed by atoms with Gasteiger partial charge in [-0.25, -0.2) is 19.7 Å². The maximum atomic E-state index is 11.9. The third-order valence-corrected chi connectivity index (χ3v) is 2.63. The van der Waals surface area contributed by atoms with Gasteiger partial charge >= 0.3 is 12.0 Å². The Morgan fingerprint density at radius 2 is 2.00 bits per heavy atom. The number of ether oxygens (including phenoxy) is 1. The van der Waals surface area contributed by atoms with E-state index in [9.17, 15) is 4.79 Å². The summed E-state index contributed by atoms with van der Waals surface area (Å²) in [6, 6.07) is 4.96. The van der Waals surface area contributed by atoms with Crippen molar-refractivity contribution in [2.75, 3.05) is 0 Å². The largest absolute Gasteiger partial charge is 0.387 e. The van der Waals surface area contributed by atoms with Gasteiger partial charge in [0, 0.05) is 0 Å². The van der Waals surface area contributed by atoms with E-state index in [-0.39, 0.29) is 6.01 Å². The number of aromatic nitrogens is 4. The summed E-state index contributed by atoms with van der Waals surface area (Å²) in [6.45, 7) is 0. The SMILES string of the molecule is O=C(Oc1ncc(Cl)cn1)c1ccc2nc[nH]c2c1. The molecule has 0 atom stereocenters. The fourth-order valence-electron chi connectivity index (χ4n) is 1.56. The highest BCUT2D eigenvalue weighted by molar-refractivity contribution is 6.30. The van der Waals surface area contributed by atoms with E-state index >= 15 is 0 Å². The first-order valence-corrected chi connectivity index (χ1v) is 5.73. The normalized spacial score (nSPS) is 10.6. The summed E-state index contributed by atoms with van der Waals surface area (Å²) in [6.07, 6.45) is 4.27. The highest BCUT2D eigenvalue weighted by atomic mass is 35.5. The van der Waals surface area contributed by atoms with E-state index in [0.29, 0.717) is 10.6 Å². The van der Waals surface area contributed by atoms with E-state index in [1.165, 1.54) is 12.4 Å². The number of hydrogen-bond donors (Lipinski definition) is 1. The number of carbonyl (C=O) groups is 1. The van der Waals surface area contributed by atoms with Gasteiger partial charge < -0.3 is 9.72 Å². The molecule has 0 spiro atoms. The number of nitrogens with zero attached hydrogens (tertiary/aromatic N) is 3. The van der Waals surface area contributed by atoms with Crippen molar-refractivity contribution in [2.24, 2.45) is 0 Å². The molecular weight excluding hydrogens is 268 g/mol. The lowest BCUT2D eigenvalue weighted by molar-refractivity contribution is 0.0719. The zero-order valence-electron chi connectivity index (χ0n) is 9.50. The van der Waals surface area contributed by atoms with Gasteiger partial charge in [-0.2, -0.15) is 0 Å². The third-order valence-electron chi connectivity index (χ3n) is 2.44.